The molecule has 0 aromatic heterocycles. The van der Waals surface area contributed by atoms with Gasteiger partial charge in [0.1, 0.15) is 5.78 Å². The van der Waals surface area contributed by atoms with Crippen molar-refractivity contribution in [2.24, 2.45) is 5.41 Å². The van der Waals surface area contributed by atoms with Crippen molar-refractivity contribution in [2.45, 2.75) is 33.3 Å². The molecule has 1 saturated heterocycles. The summed E-state index contributed by atoms with van der Waals surface area (Å²) < 4.78 is 5.36. The van der Waals surface area contributed by atoms with Gasteiger partial charge in [0, 0.05) is 36.3 Å². The molecule has 1 fully saturated rings. The van der Waals surface area contributed by atoms with Crippen LogP contribution < -0.4 is 5.32 Å². The molecule has 2 heterocycles. The van der Waals surface area contributed by atoms with Crippen molar-refractivity contribution >= 4 is 17.6 Å². The van der Waals surface area contributed by atoms with Crippen LogP contribution in [0.5, 0.6) is 0 Å². The highest BCUT2D eigenvalue weighted by Crippen LogP contribution is 2.30. The number of rotatable bonds is 1. The molecule has 0 aliphatic carbocycles. The van der Waals surface area contributed by atoms with Crippen molar-refractivity contribution in [1.29, 1.82) is 0 Å². The highest BCUT2D eigenvalue weighted by molar-refractivity contribution is 5.83. The Morgan fingerprint density at radius 2 is 2.08 bits per heavy atom. The number of piperidine rings is 1. The first-order valence-electron chi connectivity index (χ1n) is 8.31. The molecule has 2 aliphatic heterocycles. The SMILES string of the molecule is CC(=O)C1(C)CCCN(C(=O)O)C1.c1ccc2c(c1)COCCN2. The summed E-state index contributed by atoms with van der Waals surface area (Å²) in [6.07, 6.45) is 0.654. The number of amides is 1. The second-order valence-electron chi connectivity index (χ2n) is 6.56. The summed E-state index contributed by atoms with van der Waals surface area (Å²) in [5.74, 6) is 0.0819. The number of hydrogen-bond donors (Lipinski definition) is 2. The Balaban J connectivity index is 0.000000175. The summed E-state index contributed by atoms with van der Waals surface area (Å²) in [6.45, 7) is 6.72. The smallest absolute Gasteiger partial charge is 0.407 e. The van der Waals surface area contributed by atoms with Gasteiger partial charge in [-0.3, -0.25) is 4.79 Å². The van der Waals surface area contributed by atoms with E-state index in [2.05, 4.69) is 17.4 Å². The maximum absolute atomic E-state index is 11.3. The molecule has 2 N–H and O–H groups in total. The minimum atomic E-state index is -0.924. The van der Waals surface area contributed by atoms with Gasteiger partial charge in [-0.15, -0.1) is 0 Å². The third-order valence-electron chi connectivity index (χ3n) is 4.65. The molecule has 1 aromatic carbocycles. The molecule has 132 valence electrons. The van der Waals surface area contributed by atoms with Crippen LogP contribution in [-0.2, 0) is 16.1 Å². The van der Waals surface area contributed by atoms with Gasteiger partial charge < -0.3 is 20.1 Å². The third-order valence-corrected chi connectivity index (χ3v) is 4.65. The molecule has 0 radical (unpaired) electrons. The molecule has 6 heteroatoms. The molecule has 1 amide bonds. The monoisotopic (exact) mass is 334 g/mol. The quantitative estimate of drug-likeness (QED) is 0.825. The lowest BCUT2D eigenvalue weighted by atomic mass is 9.79. The molecule has 1 aromatic rings. The Bertz CT molecular complexity index is 565. The average Bonchev–Trinajstić information content (AvgIpc) is 2.80. The number of Topliss-reactive ketones (excluding diaryl/α,β-unsaturated/α-hetero) is 1. The number of carbonyl (C=O) groups excluding carboxylic acids is 1. The van der Waals surface area contributed by atoms with Crippen LogP contribution in [0.4, 0.5) is 10.5 Å². The van der Waals surface area contributed by atoms with Crippen LogP contribution in [0.2, 0.25) is 0 Å². The molecule has 2 aliphatic rings. The van der Waals surface area contributed by atoms with E-state index in [0.717, 1.165) is 32.6 Å². The van der Waals surface area contributed by atoms with E-state index in [1.807, 2.05) is 19.1 Å². The van der Waals surface area contributed by atoms with Crippen molar-refractivity contribution in [2.75, 3.05) is 31.6 Å². The Labute approximate surface area is 142 Å². The zero-order chi connectivity index (χ0) is 17.6. The van der Waals surface area contributed by atoms with Gasteiger partial charge in [0.15, 0.2) is 0 Å². The first-order valence-corrected chi connectivity index (χ1v) is 8.31. The number of likely N-dealkylation sites (tertiary alicyclic amines) is 1. The predicted octanol–water partition coefficient (Wildman–Crippen LogP) is 2.98. The van der Waals surface area contributed by atoms with Gasteiger partial charge in [0.05, 0.1) is 13.2 Å². The lowest BCUT2D eigenvalue weighted by Gasteiger charge is -2.37. The molecule has 0 saturated carbocycles. The minimum Gasteiger partial charge on any atom is -0.465 e. The van der Waals surface area contributed by atoms with Crippen molar-refractivity contribution in [1.82, 2.24) is 4.90 Å². The molecule has 6 nitrogen and oxygen atoms in total. The van der Waals surface area contributed by atoms with Crippen LogP contribution in [0.3, 0.4) is 0 Å². The molecule has 24 heavy (non-hydrogen) atoms. The third kappa shape index (κ3) is 4.71. The second-order valence-corrected chi connectivity index (χ2v) is 6.56. The van der Waals surface area contributed by atoms with E-state index in [0.29, 0.717) is 13.1 Å². The van der Waals surface area contributed by atoms with Crippen molar-refractivity contribution in [3.05, 3.63) is 29.8 Å². The van der Waals surface area contributed by atoms with Crippen molar-refractivity contribution < 1.29 is 19.4 Å². The van der Waals surface area contributed by atoms with Gasteiger partial charge in [-0.1, -0.05) is 25.1 Å². The lowest BCUT2D eigenvalue weighted by Crippen LogP contribution is -2.47. The largest absolute Gasteiger partial charge is 0.465 e. The van der Waals surface area contributed by atoms with Gasteiger partial charge in [-0.2, -0.15) is 0 Å². The fraction of sp³-hybridized carbons (Fsp3) is 0.556. The van der Waals surface area contributed by atoms with Gasteiger partial charge in [-0.25, -0.2) is 4.79 Å². The number of hydrogen-bond acceptors (Lipinski definition) is 4. The van der Waals surface area contributed by atoms with E-state index >= 15 is 0 Å². The number of ether oxygens (including phenoxy) is 1. The maximum Gasteiger partial charge on any atom is 0.407 e. The molecule has 0 spiro atoms. The average molecular weight is 334 g/mol. The zero-order valence-electron chi connectivity index (χ0n) is 14.4. The second kappa shape index (κ2) is 8.15. The number of benzene rings is 1. The summed E-state index contributed by atoms with van der Waals surface area (Å²) in [5, 5.41) is 12.1. The highest BCUT2D eigenvalue weighted by Gasteiger charge is 2.36. The van der Waals surface area contributed by atoms with Crippen LogP contribution in [0.15, 0.2) is 24.3 Å². The molecule has 0 bridgehead atoms. The van der Waals surface area contributed by atoms with E-state index in [-0.39, 0.29) is 5.78 Å². The van der Waals surface area contributed by atoms with E-state index in [4.69, 9.17) is 9.84 Å². The molecular formula is C18H26N2O4. The van der Waals surface area contributed by atoms with Crippen LogP contribution >= 0.6 is 0 Å². The van der Waals surface area contributed by atoms with Crippen LogP contribution in [0.25, 0.3) is 0 Å². The first kappa shape index (κ1) is 18.3. The Morgan fingerprint density at radius 3 is 2.79 bits per heavy atom. The molecule has 1 unspecified atom stereocenters. The number of para-hydroxylation sites is 1. The van der Waals surface area contributed by atoms with E-state index in [1.165, 1.54) is 23.1 Å². The summed E-state index contributed by atoms with van der Waals surface area (Å²) in [5.41, 5.74) is 2.01. The van der Waals surface area contributed by atoms with Gasteiger partial charge >= 0.3 is 6.09 Å². The molecule has 3 rings (SSSR count). The molecule has 1 atom stereocenters. The van der Waals surface area contributed by atoms with Crippen LogP contribution in [-0.4, -0.2) is 48.1 Å². The number of anilines is 1. The lowest BCUT2D eigenvalue weighted by molar-refractivity contribution is -0.128. The van der Waals surface area contributed by atoms with Gasteiger partial charge in [0.2, 0.25) is 0 Å². The maximum atomic E-state index is 11.3. The van der Waals surface area contributed by atoms with Gasteiger partial charge in [-0.05, 0) is 25.8 Å². The highest BCUT2D eigenvalue weighted by atomic mass is 16.5. The fourth-order valence-corrected chi connectivity index (χ4v) is 2.95. The summed E-state index contributed by atoms with van der Waals surface area (Å²) >= 11 is 0. The van der Waals surface area contributed by atoms with Crippen molar-refractivity contribution in [3.8, 4) is 0 Å². The number of carbonyl (C=O) groups is 2. The standard InChI is InChI=1S/C9H15NO3.C9H11NO/c1-7(11)9(2)4-3-5-10(6-9)8(12)13;1-2-4-9-8(3-1)7-11-6-5-10-9/h3-6H2,1-2H3,(H,12,13);1-4,10H,5-7H2. The molecular weight excluding hydrogens is 308 g/mol. The summed E-state index contributed by atoms with van der Waals surface area (Å²) in [6, 6.07) is 8.25. The van der Waals surface area contributed by atoms with Crippen LogP contribution in [0.1, 0.15) is 32.3 Å². The number of carboxylic acid groups (broad SMARTS) is 1. The summed E-state index contributed by atoms with van der Waals surface area (Å²) in [7, 11) is 0. The van der Waals surface area contributed by atoms with Crippen LogP contribution in [0, 0.1) is 5.41 Å². The topological polar surface area (TPSA) is 78.9 Å². The summed E-state index contributed by atoms with van der Waals surface area (Å²) in [4.78, 5) is 23.3. The van der Waals surface area contributed by atoms with E-state index in [1.54, 1.807) is 0 Å². The zero-order valence-corrected chi connectivity index (χ0v) is 14.4. The first-order chi connectivity index (χ1) is 11.4. The van der Waals surface area contributed by atoms with E-state index in [9.17, 15) is 9.59 Å². The Hall–Kier alpha value is -2.08. The predicted molar refractivity (Wildman–Crippen MR) is 92.2 cm³/mol. The van der Waals surface area contributed by atoms with E-state index < -0.39 is 11.5 Å². The minimum absolute atomic E-state index is 0.0819. The van der Waals surface area contributed by atoms with Crippen molar-refractivity contribution in [3.63, 3.8) is 0 Å². The Kier molecular flexibility index (Phi) is 6.20. The fourth-order valence-electron chi connectivity index (χ4n) is 2.95. The Morgan fingerprint density at radius 1 is 1.33 bits per heavy atom. The number of fused-ring (bicyclic) bond motifs is 1. The number of nitrogens with zero attached hydrogens (tertiary/aromatic N) is 1. The number of nitrogens with one attached hydrogen (secondary N) is 1. The van der Waals surface area contributed by atoms with Gasteiger partial charge in [0.25, 0.3) is 0 Å². The normalized spacial score (nSPS) is 23.0. The number of ketones is 1.